The Balaban J connectivity index is 2.00. The number of carbonyl (C=O) groups excluding carboxylic acids is 1. The van der Waals surface area contributed by atoms with Crippen LogP contribution in [0.25, 0.3) is 0 Å². The highest BCUT2D eigenvalue weighted by Gasteiger charge is 2.13. The number of carboxylic acids is 1. The normalized spacial score (nSPS) is 11.0. The molecule has 112 valence electrons. The van der Waals surface area contributed by atoms with E-state index in [1.54, 1.807) is 36.4 Å². The molecule has 1 N–H and O–H groups in total. The van der Waals surface area contributed by atoms with Crippen LogP contribution < -0.4 is 0 Å². The summed E-state index contributed by atoms with van der Waals surface area (Å²) >= 11 is 0. The van der Waals surface area contributed by atoms with E-state index in [1.807, 2.05) is 24.3 Å². The third-order valence-corrected chi connectivity index (χ3v) is 2.89. The minimum atomic E-state index is -1.24. The molecule has 22 heavy (non-hydrogen) atoms. The number of amides is 1. The van der Waals surface area contributed by atoms with Crippen molar-refractivity contribution in [1.82, 2.24) is 0 Å². The lowest BCUT2D eigenvalue weighted by molar-refractivity contribution is -0.129. The lowest BCUT2D eigenvalue weighted by atomic mass is 10.1. The number of ether oxygens (including phenoxy) is 1. The molecule has 0 heterocycles. The summed E-state index contributed by atoms with van der Waals surface area (Å²) in [5, 5.41) is 9.13. The zero-order chi connectivity index (χ0) is 15.8. The predicted molar refractivity (Wildman–Crippen MR) is 81.8 cm³/mol. The van der Waals surface area contributed by atoms with Gasteiger partial charge in [0.15, 0.2) is 0 Å². The van der Waals surface area contributed by atoms with Crippen LogP contribution in [0.2, 0.25) is 0 Å². The Labute approximate surface area is 127 Å². The molecule has 0 fully saturated rings. The number of benzene rings is 2. The van der Waals surface area contributed by atoms with Gasteiger partial charge in [0, 0.05) is 6.42 Å². The van der Waals surface area contributed by atoms with Crippen LogP contribution in [0.1, 0.15) is 11.1 Å². The molecule has 2 rings (SSSR count). The molecule has 1 amide bonds. The van der Waals surface area contributed by atoms with Gasteiger partial charge in [-0.1, -0.05) is 60.7 Å². The van der Waals surface area contributed by atoms with E-state index in [-0.39, 0.29) is 18.7 Å². The maximum Gasteiger partial charge on any atom is 0.434 e. The number of rotatable bonds is 5. The van der Waals surface area contributed by atoms with E-state index >= 15 is 0 Å². The molecule has 0 aliphatic heterocycles. The van der Waals surface area contributed by atoms with Crippen LogP contribution in [0.3, 0.4) is 0 Å². The number of aliphatic imine (C=N–C) groups is 1. The van der Waals surface area contributed by atoms with Gasteiger partial charge in [0.25, 0.3) is 0 Å². The SMILES string of the molecule is O=C(N=C(Cc1ccccc1)C(=O)O)OCc1ccccc1. The summed E-state index contributed by atoms with van der Waals surface area (Å²) in [7, 11) is 0. The topological polar surface area (TPSA) is 76.0 Å². The highest BCUT2D eigenvalue weighted by Crippen LogP contribution is 2.04. The van der Waals surface area contributed by atoms with Gasteiger partial charge in [-0.3, -0.25) is 0 Å². The van der Waals surface area contributed by atoms with Gasteiger partial charge < -0.3 is 9.84 Å². The Kier molecular flexibility index (Phi) is 5.43. The summed E-state index contributed by atoms with van der Waals surface area (Å²) in [6.45, 7) is 0.0570. The molecule has 0 aliphatic rings. The molecular formula is C17H15NO4. The van der Waals surface area contributed by atoms with Crippen molar-refractivity contribution in [3.05, 3.63) is 71.8 Å². The molecular weight excluding hydrogens is 282 g/mol. The number of carboxylic acid groups (broad SMARTS) is 1. The van der Waals surface area contributed by atoms with Gasteiger partial charge in [-0.15, -0.1) is 0 Å². The third kappa shape index (κ3) is 4.86. The van der Waals surface area contributed by atoms with Gasteiger partial charge in [0.05, 0.1) is 0 Å². The molecule has 0 unspecified atom stereocenters. The molecule has 0 atom stereocenters. The molecule has 0 saturated carbocycles. The van der Waals surface area contributed by atoms with Gasteiger partial charge in [-0.25, -0.2) is 9.59 Å². The van der Waals surface area contributed by atoms with Crippen molar-refractivity contribution in [2.75, 3.05) is 0 Å². The first-order valence-electron chi connectivity index (χ1n) is 6.70. The Bertz CT molecular complexity index is 666. The average Bonchev–Trinajstić information content (AvgIpc) is 2.54. The van der Waals surface area contributed by atoms with E-state index in [2.05, 4.69) is 4.99 Å². The van der Waals surface area contributed by atoms with E-state index in [1.165, 1.54) is 0 Å². The monoisotopic (exact) mass is 297 g/mol. The molecule has 0 aliphatic carbocycles. The minimum absolute atomic E-state index is 0.0570. The first-order chi connectivity index (χ1) is 10.6. The predicted octanol–water partition coefficient (Wildman–Crippen LogP) is 3.09. The second-order valence-electron chi connectivity index (χ2n) is 4.57. The number of carbonyl (C=O) groups is 2. The first kappa shape index (κ1) is 15.4. The molecule has 2 aromatic carbocycles. The van der Waals surface area contributed by atoms with E-state index in [9.17, 15) is 9.59 Å². The van der Waals surface area contributed by atoms with Gasteiger partial charge >= 0.3 is 12.1 Å². The van der Waals surface area contributed by atoms with Crippen LogP contribution >= 0.6 is 0 Å². The second kappa shape index (κ2) is 7.73. The lowest BCUT2D eigenvalue weighted by Crippen LogP contribution is -2.18. The average molecular weight is 297 g/mol. The first-order valence-corrected chi connectivity index (χ1v) is 6.70. The van der Waals surface area contributed by atoms with Crippen LogP contribution in [0.5, 0.6) is 0 Å². The van der Waals surface area contributed by atoms with Crippen LogP contribution in [-0.4, -0.2) is 22.9 Å². The van der Waals surface area contributed by atoms with Crippen molar-refractivity contribution < 1.29 is 19.4 Å². The Hall–Kier alpha value is -2.95. The molecule has 0 aromatic heterocycles. The van der Waals surface area contributed by atoms with Gasteiger partial charge in [0.1, 0.15) is 12.3 Å². The molecule has 0 radical (unpaired) electrons. The number of aliphatic carboxylic acids is 1. The number of nitrogens with zero attached hydrogens (tertiary/aromatic N) is 1. The molecule has 0 saturated heterocycles. The molecule has 0 bridgehead atoms. The standard InChI is InChI=1S/C17H15NO4/c19-16(20)15(11-13-7-3-1-4-8-13)18-17(21)22-12-14-9-5-2-6-10-14/h1-10H,11-12H2,(H,19,20). The van der Waals surface area contributed by atoms with E-state index < -0.39 is 12.1 Å². The minimum Gasteiger partial charge on any atom is -0.477 e. The highest BCUT2D eigenvalue weighted by molar-refractivity contribution is 6.37. The summed E-state index contributed by atoms with van der Waals surface area (Å²) < 4.78 is 4.96. The van der Waals surface area contributed by atoms with Gasteiger partial charge in [0.2, 0.25) is 0 Å². The number of hydrogen-bond donors (Lipinski definition) is 1. The quantitative estimate of drug-likeness (QED) is 0.860. The zero-order valence-electron chi connectivity index (χ0n) is 11.8. The largest absolute Gasteiger partial charge is 0.477 e. The summed E-state index contributed by atoms with van der Waals surface area (Å²) in [4.78, 5) is 26.4. The third-order valence-electron chi connectivity index (χ3n) is 2.89. The van der Waals surface area contributed by atoms with Crippen molar-refractivity contribution >= 4 is 17.8 Å². The van der Waals surface area contributed by atoms with Crippen molar-refractivity contribution in [3.63, 3.8) is 0 Å². The van der Waals surface area contributed by atoms with Crippen LogP contribution in [-0.2, 0) is 22.6 Å². The highest BCUT2D eigenvalue weighted by atomic mass is 16.5. The smallest absolute Gasteiger partial charge is 0.434 e. The maximum atomic E-state index is 11.6. The molecule has 2 aromatic rings. The fourth-order valence-corrected chi connectivity index (χ4v) is 1.81. The Morgan fingerprint density at radius 3 is 2.00 bits per heavy atom. The summed E-state index contributed by atoms with van der Waals surface area (Å²) in [5.41, 5.74) is 1.33. The second-order valence-corrected chi connectivity index (χ2v) is 4.57. The summed E-state index contributed by atoms with van der Waals surface area (Å²) in [6, 6.07) is 18.1. The Morgan fingerprint density at radius 1 is 0.909 bits per heavy atom. The van der Waals surface area contributed by atoms with Gasteiger partial charge in [-0.2, -0.15) is 4.99 Å². The molecule has 0 spiro atoms. The van der Waals surface area contributed by atoms with Crippen LogP contribution in [0.15, 0.2) is 65.7 Å². The van der Waals surface area contributed by atoms with Crippen molar-refractivity contribution in [3.8, 4) is 0 Å². The number of hydrogen-bond acceptors (Lipinski definition) is 3. The van der Waals surface area contributed by atoms with Gasteiger partial charge in [-0.05, 0) is 11.1 Å². The van der Waals surface area contributed by atoms with Crippen molar-refractivity contribution in [2.45, 2.75) is 13.0 Å². The summed E-state index contributed by atoms with van der Waals surface area (Å²) in [5.74, 6) is -1.24. The van der Waals surface area contributed by atoms with Crippen molar-refractivity contribution in [1.29, 1.82) is 0 Å². The van der Waals surface area contributed by atoms with E-state index in [0.717, 1.165) is 11.1 Å². The fraction of sp³-hybridized carbons (Fsp3) is 0.118. The van der Waals surface area contributed by atoms with E-state index in [4.69, 9.17) is 9.84 Å². The fourth-order valence-electron chi connectivity index (χ4n) is 1.81. The molecule has 5 nitrogen and oxygen atoms in total. The maximum absolute atomic E-state index is 11.6. The van der Waals surface area contributed by atoms with Crippen LogP contribution in [0, 0.1) is 0 Å². The zero-order valence-corrected chi connectivity index (χ0v) is 11.8. The summed E-state index contributed by atoms with van der Waals surface area (Å²) in [6.07, 6.45) is -0.839. The molecule has 5 heteroatoms. The Morgan fingerprint density at radius 2 is 1.45 bits per heavy atom. The van der Waals surface area contributed by atoms with E-state index in [0.29, 0.717) is 0 Å². The lowest BCUT2D eigenvalue weighted by Gasteiger charge is -2.04. The van der Waals surface area contributed by atoms with Crippen LogP contribution in [0.4, 0.5) is 4.79 Å². The van der Waals surface area contributed by atoms with Crippen molar-refractivity contribution in [2.24, 2.45) is 4.99 Å².